The Hall–Kier alpha value is -1.16. The smallest absolute Gasteiger partial charge is 0.134 e. The molecular formula is C15H14Br2N4. The third kappa shape index (κ3) is 3.05. The van der Waals surface area contributed by atoms with E-state index in [2.05, 4.69) is 59.6 Å². The monoisotopic (exact) mass is 408 g/mol. The lowest BCUT2D eigenvalue weighted by Gasteiger charge is -2.29. The van der Waals surface area contributed by atoms with E-state index < -0.39 is 0 Å². The summed E-state index contributed by atoms with van der Waals surface area (Å²) in [5, 5.41) is 18.2. The van der Waals surface area contributed by atoms with Crippen LogP contribution < -0.4 is 10.6 Å². The van der Waals surface area contributed by atoms with Crippen molar-refractivity contribution in [2.45, 2.75) is 12.5 Å². The van der Waals surface area contributed by atoms with Crippen LogP contribution in [0.5, 0.6) is 0 Å². The van der Waals surface area contributed by atoms with Crippen LogP contribution in [0.15, 0.2) is 33.3 Å². The number of anilines is 1. The van der Waals surface area contributed by atoms with Gasteiger partial charge in [0, 0.05) is 32.5 Å². The maximum atomic E-state index is 9.28. The van der Waals surface area contributed by atoms with Crippen LogP contribution >= 0.6 is 31.9 Å². The molecule has 2 heterocycles. The summed E-state index contributed by atoms with van der Waals surface area (Å²) in [4.78, 5) is 4.49. The van der Waals surface area contributed by atoms with Gasteiger partial charge in [-0.2, -0.15) is 5.26 Å². The molecular weight excluding hydrogens is 396 g/mol. The molecule has 0 amide bonds. The molecule has 21 heavy (non-hydrogen) atoms. The number of halogens is 2. The molecule has 1 aromatic carbocycles. The van der Waals surface area contributed by atoms with Crippen LogP contribution in [0.25, 0.3) is 10.8 Å². The van der Waals surface area contributed by atoms with E-state index in [1.54, 1.807) is 6.20 Å². The standard InChI is InChI=1S/C15H14Br2N4/c16-10-1-2-11-12(5-10)13(17)7-20-15(11)21-14-8-19-4-3-9(14)6-18/h1-2,5,7,9,14,19H,3-4,8H2,(H,20,21). The van der Waals surface area contributed by atoms with Gasteiger partial charge in [-0.05, 0) is 47.1 Å². The van der Waals surface area contributed by atoms with Crippen LogP contribution in [0, 0.1) is 17.2 Å². The fraction of sp³-hybridized carbons (Fsp3) is 0.333. The molecule has 1 fully saturated rings. The van der Waals surface area contributed by atoms with Crippen molar-refractivity contribution in [1.29, 1.82) is 5.26 Å². The topological polar surface area (TPSA) is 60.7 Å². The van der Waals surface area contributed by atoms with Gasteiger partial charge in [0.25, 0.3) is 0 Å². The Morgan fingerprint density at radius 1 is 1.33 bits per heavy atom. The molecule has 0 saturated carbocycles. The van der Waals surface area contributed by atoms with Gasteiger partial charge >= 0.3 is 0 Å². The molecule has 2 N–H and O–H groups in total. The fourth-order valence-electron chi connectivity index (χ4n) is 2.64. The zero-order chi connectivity index (χ0) is 14.8. The molecule has 2 aromatic rings. The van der Waals surface area contributed by atoms with Crippen LogP contribution in [-0.4, -0.2) is 24.1 Å². The van der Waals surface area contributed by atoms with E-state index in [4.69, 9.17) is 0 Å². The SMILES string of the molecule is N#CC1CCNCC1Nc1ncc(Br)c2cc(Br)ccc12. The van der Waals surface area contributed by atoms with Crippen molar-refractivity contribution in [2.24, 2.45) is 5.92 Å². The summed E-state index contributed by atoms with van der Waals surface area (Å²) in [6.45, 7) is 1.69. The molecule has 2 atom stereocenters. The van der Waals surface area contributed by atoms with Crippen molar-refractivity contribution in [3.05, 3.63) is 33.3 Å². The number of rotatable bonds is 2. The molecule has 0 radical (unpaired) electrons. The second-order valence-electron chi connectivity index (χ2n) is 5.12. The summed E-state index contributed by atoms with van der Waals surface area (Å²) in [6, 6.07) is 8.59. The molecule has 0 bridgehead atoms. The van der Waals surface area contributed by atoms with Crippen LogP contribution in [0.2, 0.25) is 0 Å². The second-order valence-corrected chi connectivity index (χ2v) is 6.89. The van der Waals surface area contributed by atoms with Gasteiger partial charge in [0.05, 0.1) is 18.0 Å². The van der Waals surface area contributed by atoms with Crippen molar-refractivity contribution in [3.63, 3.8) is 0 Å². The number of hydrogen-bond donors (Lipinski definition) is 2. The van der Waals surface area contributed by atoms with Gasteiger partial charge in [0.1, 0.15) is 5.82 Å². The number of nitriles is 1. The Morgan fingerprint density at radius 3 is 3.00 bits per heavy atom. The Bertz CT molecular complexity index is 711. The second kappa shape index (κ2) is 6.30. The highest BCUT2D eigenvalue weighted by molar-refractivity contribution is 9.11. The van der Waals surface area contributed by atoms with Gasteiger partial charge in [0.15, 0.2) is 0 Å². The van der Waals surface area contributed by atoms with Gasteiger partial charge in [-0.15, -0.1) is 0 Å². The molecule has 2 unspecified atom stereocenters. The number of piperidine rings is 1. The zero-order valence-corrected chi connectivity index (χ0v) is 14.4. The predicted octanol–water partition coefficient (Wildman–Crippen LogP) is 3.67. The number of fused-ring (bicyclic) bond motifs is 1. The Labute approximate surface area is 140 Å². The Kier molecular flexibility index (Phi) is 4.43. The molecule has 0 spiro atoms. The average Bonchev–Trinajstić information content (AvgIpc) is 2.51. The molecule has 108 valence electrons. The zero-order valence-electron chi connectivity index (χ0n) is 11.2. The fourth-order valence-corrected chi connectivity index (χ4v) is 3.43. The highest BCUT2D eigenvalue weighted by atomic mass is 79.9. The van der Waals surface area contributed by atoms with Crippen molar-refractivity contribution >= 4 is 48.5 Å². The Balaban J connectivity index is 1.97. The lowest BCUT2D eigenvalue weighted by atomic mass is 9.94. The van der Waals surface area contributed by atoms with Crippen LogP contribution in [0.1, 0.15) is 6.42 Å². The number of benzene rings is 1. The number of nitrogens with zero attached hydrogens (tertiary/aromatic N) is 2. The van der Waals surface area contributed by atoms with Crippen LogP contribution in [-0.2, 0) is 0 Å². The maximum absolute atomic E-state index is 9.28. The van der Waals surface area contributed by atoms with Gasteiger partial charge in [0.2, 0.25) is 0 Å². The third-order valence-corrected chi connectivity index (χ3v) is 4.90. The minimum atomic E-state index is 0.0159. The maximum Gasteiger partial charge on any atom is 0.134 e. The van der Waals surface area contributed by atoms with Crippen molar-refractivity contribution in [3.8, 4) is 6.07 Å². The van der Waals surface area contributed by atoms with Crippen LogP contribution in [0.3, 0.4) is 0 Å². The number of hydrogen-bond acceptors (Lipinski definition) is 4. The average molecular weight is 410 g/mol. The van der Waals surface area contributed by atoms with E-state index in [1.807, 2.05) is 12.1 Å². The molecule has 3 rings (SSSR count). The predicted molar refractivity (Wildman–Crippen MR) is 91.1 cm³/mol. The molecule has 1 aliphatic heterocycles. The van der Waals surface area contributed by atoms with Crippen molar-refractivity contribution < 1.29 is 0 Å². The lowest BCUT2D eigenvalue weighted by Crippen LogP contribution is -2.44. The molecule has 1 aromatic heterocycles. The van der Waals surface area contributed by atoms with E-state index in [-0.39, 0.29) is 12.0 Å². The molecule has 1 aliphatic rings. The summed E-state index contributed by atoms with van der Waals surface area (Å²) in [5.74, 6) is 0.844. The van der Waals surface area contributed by atoms with Gasteiger partial charge in [-0.25, -0.2) is 4.98 Å². The van der Waals surface area contributed by atoms with Gasteiger partial charge in [-0.1, -0.05) is 15.9 Å². The van der Waals surface area contributed by atoms with Crippen molar-refractivity contribution in [1.82, 2.24) is 10.3 Å². The van der Waals surface area contributed by atoms with E-state index in [0.717, 1.165) is 45.0 Å². The number of nitrogens with one attached hydrogen (secondary N) is 2. The van der Waals surface area contributed by atoms with Crippen LogP contribution in [0.4, 0.5) is 5.82 Å². The first-order valence-corrected chi connectivity index (χ1v) is 8.38. The quantitative estimate of drug-likeness (QED) is 0.794. The van der Waals surface area contributed by atoms with E-state index >= 15 is 0 Å². The first-order chi connectivity index (χ1) is 10.2. The lowest BCUT2D eigenvalue weighted by molar-refractivity contribution is 0.406. The van der Waals surface area contributed by atoms with Gasteiger partial charge < -0.3 is 10.6 Å². The minimum absolute atomic E-state index is 0.0159. The molecule has 1 saturated heterocycles. The minimum Gasteiger partial charge on any atom is -0.364 e. The summed E-state index contributed by atoms with van der Waals surface area (Å²) in [7, 11) is 0. The van der Waals surface area contributed by atoms with E-state index in [9.17, 15) is 5.26 Å². The molecule has 6 heteroatoms. The van der Waals surface area contributed by atoms with Gasteiger partial charge in [-0.3, -0.25) is 0 Å². The first-order valence-electron chi connectivity index (χ1n) is 6.79. The van der Waals surface area contributed by atoms with E-state index in [1.165, 1.54) is 0 Å². The number of pyridine rings is 1. The summed E-state index contributed by atoms with van der Waals surface area (Å²) >= 11 is 7.04. The first kappa shape index (κ1) is 14.8. The molecule has 0 aliphatic carbocycles. The highest BCUT2D eigenvalue weighted by Gasteiger charge is 2.25. The normalized spacial score (nSPS) is 22.0. The van der Waals surface area contributed by atoms with E-state index in [0.29, 0.717) is 0 Å². The van der Waals surface area contributed by atoms with Crippen molar-refractivity contribution in [2.75, 3.05) is 18.4 Å². The summed E-state index contributed by atoms with van der Waals surface area (Å²) < 4.78 is 1.99. The summed E-state index contributed by atoms with van der Waals surface area (Å²) in [5.41, 5.74) is 0. The largest absolute Gasteiger partial charge is 0.364 e. The molecule has 4 nitrogen and oxygen atoms in total. The Morgan fingerprint density at radius 2 is 2.19 bits per heavy atom. The highest BCUT2D eigenvalue weighted by Crippen LogP contribution is 2.31. The number of aromatic nitrogens is 1. The summed E-state index contributed by atoms with van der Waals surface area (Å²) in [6.07, 6.45) is 2.67. The third-order valence-electron chi connectivity index (χ3n) is 3.77.